The molecule has 192 valence electrons. The van der Waals surface area contributed by atoms with E-state index in [1.165, 1.54) is 6.07 Å². The second-order valence-corrected chi connectivity index (χ2v) is 9.47. The van der Waals surface area contributed by atoms with Crippen LogP contribution < -0.4 is 5.56 Å². The van der Waals surface area contributed by atoms with Gasteiger partial charge in [-0.3, -0.25) is 9.59 Å². The Balaban J connectivity index is 1.61. The molecule has 2 N–H and O–H groups in total. The van der Waals surface area contributed by atoms with Gasteiger partial charge in [0.2, 0.25) is 11.5 Å². The maximum atomic E-state index is 13.8. The second-order valence-electron chi connectivity index (χ2n) is 9.47. The summed E-state index contributed by atoms with van der Waals surface area (Å²) in [6, 6.07) is 3.90. The number of unbranched alkanes of at least 4 members (excludes halogenated alkanes) is 6. The van der Waals surface area contributed by atoms with Gasteiger partial charge >= 0.3 is 6.18 Å². The van der Waals surface area contributed by atoms with E-state index in [-0.39, 0.29) is 16.8 Å². The SMILES string of the molecule is CCCCCN(C)C(=O)CCCCCCCc1c(C)[nH]c2ccc3[nH]c(=O)cc(C(F)(F)F)c3c12. The van der Waals surface area contributed by atoms with Gasteiger partial charge < -0.3 is 14.9 Å². The Kier molecular flexibility index (Phi) is 9.03. The third-order valence-electron chi connectivity index (χ3n) is 6.73. The molecule has 0 aliphatic rings. The lowest BCUT2D eigenvalue weighted by Crippen LogP contribution is -2.27. The van der Waals surface area contributed by atoms with E-state index in [9.17, 15) is 22.8 Å². The van der Waals surface area contributed by atoms with Gasteiger partial charge in [0.05, 0.1) is 5.56 Å². The number of nitrogens with one attached hydrogen (secondary N) is 2. The van der Waals surface area contributed by atoms with E-state index < -0.39 is 17.3 Å². The number of hydrogen-bond acceptors (Lipinski definition) is 2. The Hall–Kier alpha value is -2.77. The van der Waals surface area contributed by atoms with E-state index in [2.05, 4.69) is 16.9 Å². The van der Waals surface area contributed by atoms with Gasteiger partial charge in [-0.1, -0.05) is 39.0 Å². The van der Waals surface area contributed by atoms with Crippen molar-refractivity contribution in [2.75, 3.05) is 13.6 Å². The number of aromatic amines is 2. The topological polar surface area (TPSA) is 69.0 Å². The van der Waals surface area contributed by atoms with Gasteiger partial charge in [0, 0.05) is 53.6 Å². The highest BCUT2D eigenvalue weighted by molar-refractivity contribution is 6.09. The smallest absolute Gasteiger partial charge is 0.358 e. The van der Waals surface area contributed by atoms with Crippen molar-refractivity contribution >= 4 is 27.7 Å². The maximum absolute atomic E-state index is 13.8. The molecule has 0 atom stereocenters. The quantitative estimate of drug-likeness (QED) is 0.272. The van der Waals surface area contributed by atoms with Gasteiger partial charge in [-0.05, 0) is 50.3 Å². The normalized spacial score (nSPS) is 12.1. The highest BCUT2D eigenvalue weighted by atomic mass is 19.4. The Labute approximate surface area is 204 Å². The zero-order valence-electron chi connectivity index (χ0n) is 20.9. The van der Waals surface area contributed by atoms with Crippen molar-refractivity contribution in [3.05, 3.63) is 45.4 Å². The monoisotopic (exact) mass is 491 g/mol. The number of pyridine rings is 1. The summed E-state index contributed by atoms with van der Waals surface area (Å²) in [7, 11) is 1.87. The lowest BCUT2D eigenvalue weighted by molar-refractivity contribution is -0.136. The number of benzene rings is 1. The molecule has 8 heteroatoms. The van der Waals surface area contributed by atoms with Crippen LogP contribution in [0.3, 0.4) is 0 Å². The number of rotatable bonds is 12. The van der Waals surface area contributed by atoms with Crippen molar-refractivity contribution in [2.45, 2.75) is 84.2 Å². The molecule has 0 spiro atoms. The predicted octanol–water partition coefficient (Wildman–Crippen LogP) is 6.87. The standard InChI is InChI=1S/C27H36F3N3O2/c1-4-5-11-16-33(3)24(35)13-10-8-6-7-9-12-19-18(2)31-21-14-15-22-26(25(19)21)20(27(28,29)30)17-23(34)32-22/h14-15,17,31H,4-13,16H2,1-3H3,(H,32,34). The van der Waals surface area contributed by atoms with Crippen LogP contribution in [-0.2, 0) is 17.4 Å². The first-order valence-electron chi connectivity index (χ1n) is 12.6. The molecule has 3 rings (SSSR count). The fraction of sp³-hybridized carbons (Fsp3) is 0.556. The lowest BCUT2D eigenvalue weighted by atomic mass is 9.97. The maximum Gasteiger partial charge on any atom is 0.417 e. The molecule has 1 aromatic carbocycles. The van der Waals surface area contributed by atoms with E-state index in [1.807, 2.05) is 18.9 Å². The molecule has 0 aliphatic carbocycles. The van der Waals surface area contributed by atoms with Crippen LogP contribution in [0.2, 0.25) is 0 Å². The largest absolute Gasteiger partial charge is 0.417 e. The number of fused-ring (bicyclic) bond motifs is 3. The summed E-state index contributed by atoms with van der Waals surface area (Å²) in [5.74, 6) is 0.195. The van der Waals surface area contributed by atoms with Crippen LogP contribution >= 0.6 is 0 Å². The summed E-state index contributed by atoms with van der Waals surface area (Å²) < 4.78 is 41.4. The number of H-pyrrole nitrogens is 2. The van der Waals surface area contributed by atoms with Crippen LogP contribution in [0, 0.1) is 6.92 Å². The highest BCUT2D eigenvalue weighted by Gasteiger charge is 2.34. The number of aromatic nitrogens is 2. The van der Waals surface area contributed by atoms with Gasteiger partial charge in [-0.2, -0.15) is 13.2 Å². The zero-order valence-corrected chi connectivity index (χ0v) is 20.9. The van der Waals surface area contributed by atoms with Gasteiger partial charge in [0.1, 0.15) is 0 Å². The van der Waals surface area contributed by atoms with Crippen LogP contribution in [0.4, 0.5) is 13.2 Å². The van der Waals surface area contributed by atoms with Crippen molar-refractivity contribution in [1.29, 1.82) is 0 Å². The van der Waals surface area contributed by atoms with E-state index in [1.54, 1.807) is 6.07 Å². The minimum Gasteiger partial charge on any atom is -0.358 e. The van der Waals surface area contributed by atoms with Crippen molar-refractivity contribution in [2.24, 2.45) is 0 Å². The average Bonchev–Trinajstić information content (AvgIpc) is 3.12. The molecule has 35 heavy (non-hydrogen) atoms. The summed E-state index contributed by atoms with van der Waals surface area (Å²) in [5, 5.41) is 0.593. The number of alkyl halides is 3. The number of carbonyl (C=O) groups is 1. The first kappa shape index (κ1) is 26.8. The molecular formula is C27H36F3N3O2. The van der Waals surface area contributed by atoms with Crippen LogP contribution in [0.5, 0.6) is 0 Å². The van der Waals surface area contributed by atoms with Gasteiger partial charge in [-0.25, -0.2) is 0 Å². The summed E-state index contributed by atoms with van der Waals surface area (Å²) in [6.45, 7) is 4.84. The number of aryl methyl sites for hydroxylation is 2. The Morgan fingerprint density at radius 2 is 1.60 bits per heavy atom. The van der Waals surface area contributed by atoms with Crippen molar-refractivity contribution in [1.82, 2.24) is 14.9 Å². The number of nitrogens with zero attached hydrogens (tertiary/aromatic N) is 1. The Morgan fingerprint density at radius 1 is 0.943 bits per heavy atom. The fourth-order valence-corrected chi connectivity index (χ4v) is 4.80. The van der Waals surface area contributed by atoms with Crippen LogP contribution in [-0.4, -0.2) is 34.4 Å². The molecule has 0 aliphatic heterocycles. The molecular weight excluding hydrogens is 455 g/mol. The van der Waals surface area contributed by atoms with E-state index in [4.69, 9.17) is 0 Å². The molecule has 0 unspecified atom stereocenters. The Bertz CT molecular complexity index is 1210. The minimum absolute atomic E-state index is 0.0514. The second kappa shape index (κ2) is 11.8. The molecule has 0 bridgehead atoms. The molecule has 0 fully saturated rings. The molecule has 0 saturated carbocycles. The average molecular weight is 492 g/mol. The summed E-state index contributed by atoms with van der Waals surface area (Å²) in [5.41, 5.74) is 0.900. The van der Waals surface area contributed by atoms with Gasteiger partial charge in [0.25, 0.3) is 0 Å². The molecule has 2 heterocycles. The highest BCUT2D eigenvalue weighted by Crippen LogP contribution is 2.39. The molecule has 2 aromatic heterocycles. The summed E-state index contributed by atoms with van der Waals surface area (Å²) in [6.07, 6.45) is 4.51. The molecule has 3 aromatic rings. The van der Waals surface area contributed by atoms with E-state index >= 15 is 0 Å². The fourth-order valence-electron chi connectivity index (χ4n) is 4.80. The van der Waals surface area contributed by atoms with Gasteiger partial charge in [-0.15, -0.1) is 0 Å². The lowest BCUT2D eigenvalue weighted by Gasteiger charge is -2.16. The third-order valence-corrected chi connectivity index (χ3v) is 6.73. The predicted molar refractivity (Wildman–Crippen MR) is 135 cm³/mol. The van der Waals surface area contributed by atoms with Crippen molar-refractivity contribution in [3.8, 4) is 0 Å². The number of carbonyl (C=O) groups excluding carboxylic acids is 1. The van der Waals surface area contributed by atoms with Crippen LogP contribution in [0.15, 0.2) is 23.0 Å². The summed E-state index contributed by atoms with van der Waals surface area (Å²) >= 11 is 0. The van der Waals surface area contributed by atoms with E-state index in [0.29, 0.717) is 29.8 Å². The number of hydrogen-bond donors (Lipinski definition) is 2. The Morgan fingerprint density at radius 3 is 2.29 bits per heavy atom. The number of amides is 1. The molecule has 1 amide bonds. The van der Waals surface area contributed by atoms with Crippen molar-refractivity contribution < 1.29 is 18.0 Å². The molecule has 0 radical (unpaired) electrons. The van der Waals surface area contributed by atoms with E-state index in [0.717, 1.165) is 69.2 Å². The molecule has 5 nitrogen and oxygen atoms in total. The summed E-state index contributed by atoms with van der Waals surface area (Å²) in [4.78, 5) is 31.6. The van der Waals surface area contributed by atoms with Crippen LogP contribution in [0.25, 0.3) is 21.8 Å². The zero-order chi connectivity index (χ0) is 25.6. The third kappa shape index (κ3) is 6.67. The first-order chi connectivity index (χ1) is 16.6. The molecule has 0 saturated heterocycles. The first-order valence-corrected chi connectivity index (χ1v) is 12.6. The minimum atomic E-state index is -4.62. The van der Waals surface area contributed by atoms with Crippen LogP contribution in [0.1, 0.15) is 81.5 Å². The van der Waals surface area contributed by atoms with Gasteiger partial charge in [0.15, 0.2) is 0 Å². The number of halogens is 3. The van der Waals surface area contributed by atoms with Crippen molar-refractivity contribution in [3.63, 3.8) is 0 Å².